The topological polar surface area (TPSA) is 74.8 Å². The van der Waals surface area contributed by atoms with E-state index in [1.807, 2.05) is 0 Å². The molecule has 88 valence electrons. The Morgan fingerprint density at radius 3 is 2.94 bits per heavy atom. The smallest absolute Gasteiger partial charge is 0.271 e. The van der Waals surface area contributed by atoms with Crippen molar-refractivity contribution in [1.29, 1.82) is 0 Å². The number of nitrogens with one attached hydrogen (secondary N) is 2. The zero-order chi connectivity index (χ0) is 12.0. The van der Waals surface area contributed by atoms with E-state index in [1.165, 1.54) is 12.1 Å². The molecule has 1 amide bonds. The van der Waals surface area contributed by atoms with Crippen molar-refractivity contribution in [3.63, 3.8) is 0 Å². The number of rotatable bonds is 5. The third-order valence-electron chi connectivity index (χ3n) is 1.98. The fraction of sp³-hybridized carbons (Fsp3) is 0.500. The molecule has 1 unspecified atom stereocenters. The van der Waals surface area contributed by atoms with Gasteiger partial charge in [0.05, 0.1) is 0 Å². The lowest BCUT2D eigenvalue weighted by Crippen LogP contribution is -2.26. The number of nitrogens with zero attached hydrogens (tertiary/aromatic N) is 1. The summed E-state index contributed by atoms with van der Waals surface area (Å²) in [5.74, 6) is -0.265. The molecule has 1 rings (SSSR count). The zero-order valence-corrected chi connectivity index (χ0v) is 10.6. The van der Waals surface area contributed by atoms with Gasteiger partial charge in [0.1, 0.15) is 5.69 Å². The summed E-state index contributed by atoms with van der Waals surface area (Å²) in [6.45, 7) is 2.67. The first kappa shape index (κ1) is 12.9. The molecule has 1 atom stereocenters. The molecule has 0 saturated carbocycles. The highest BCUT2D eigenvalue weighted by Crippen LogP contribution is 2.05. The van der Waals surface area contributed by atoms with E-state index < -0.39 is 0 Å². The molecule has 0 aliphatic heterocycles. The van der Waals surface area contributed by atoms with Crippen LogP contribution in [0.1, 0.15) is 30.3 Å². The minimum absolute atomic E-state index is 0.228. The van der Waals surface area contributed by atoms with Gasteiger partial charge in [-0.25, -0.2) is 5.10 Å². The molecule has 0 aliphatic rings. The molecule has 1 aromatic rings. The summed E-state index contributed by atoms with van der Waals surface area (Å²) in [5.41, 5.74) is -0.0869. The van der Waals surface area contributed by atoms with Gasteiger partial charge in [0.25, 0.3) is 11.5 Å². The fourth-order valence-electron chi connectivity index (χ4n) is 1.15. The van der Waals surface area contributed by atoms with Crippen molar-refractivity contribution in [2.24, 2.45) is 0 Å². The van der Waals surface area contributed by atoms with Crippen LogP contribution in [0.2, 0.25) is 0 Å². The Hall–Kier alpha value is -1.17. The fourth-order valence-corrected chi connectivity index (χ4v) is 1.47. The first-order valence-electron chi connectivity index (χ1n) is 5.07. The van der Waals surface area contributed by atoms with Gasteiger partial charge in [-0.1, -0.05) is 22.9 Å². The van der Waals surface area contributed by atoms with Crippen molar-refractivity contribution < 1.29 is 4.79 Å². The normalized spacial score (nSPS) is 12.1. The Labute approximate surface area is 102 Å². The standard InChI is InChI=1S/C10H14BrN3O2/c1-7(11)3-2-6-12-10(16)8-4-5-9(15)14-13-8/h4-5,7H,2-3,6H2,1H3,(H,12,16)(H,14,15). The molecule has 5 nitrogen and oxygen atoms in total. The molecule has 0 saturated heterocycles. The second kappa shape index (κ2) is 6.42. The van der Waals surface area contributed by atoms with Crippen LogP contribution < -0.4 is 10.9 Å². The molecule has 0 fully saturated rings. The molecule has 0 bridgehead atoms. The second-order valence-electron chi connectivity index (χ2n) is 3.49. The highest BCUT2D eigenvalue weighted by Gasteiger charge is 2.06. The third kappa shape index (κ3) is 4.57. The summed E-state index contributed by atoms with van der Waals surface area (Å²) in [6.07, 6.45) is 1.90. The van der Waals surface area contributed by atoms with E-state index in [2.05, 4.69) is 38.4 Å². The molecule has 0 aromatic carbocycles. The van der Waals surface area contributed by atoms with E-state index in [4.69, 9.17) is 0 Å². The Morgan fingerprint density at radius 2 is 2.38 bits per heavy atom. The number of carbonyl (C=O) groups excluding carboxylic acids is 1. The minimum Gasteiger partial charge on any atom is -0.351 e. The molecule has 1 heterocycles. The molecule has 1 aromatic heterocycles. The number of H-pyrrole nitrogens is 1. The van der Waals surface area contributed by atoms with E-state index in [-0.39, 0.29) is 17.2 Å². The number of carbonyl (C=O) groups is 1. The monoisotopic (exact) mass is 287 g/mol. The minimum atomic E-state index is -0.315. The van der Waals surface area contributed by atoms with Crippen molar-refractivity contribution >= 4 is 21.8 Å². The Kier molecular flexibility index (Phi) is 5.18. The van der Waals surface area contributed by atoms with Gasteiger partial charge in [-0.3, -0.25) is 9.59 Å². The molecule has 6 heteroatoms. The van der Waals surface area contributed by atoms with Crippen molar-refractivity contribution in [3.8, 4) is 0 Å². The lowest BCUT2D eigenvalue weighted by atomic mass is 10.2. The van der Waals surface area contributed by atoms with Crippen molar-refractivity contribution in [2.45, 2.75) is 24.6 Å². The van der Waals surface area contributed by atoms with Crippen LogP contribution in [0.15, 0.2) is 16.9 Å². The van der Waals surface area contributed by atoms with Gasteiger partial charge in [0, 0.05) is 17.4 Å². The van der Waals surface area contributed by atoms with E-state index in [1.54, 1.807) is 0 Å². The van der Waals surface area contributed by atoms with Crippen molar-refractivity contribution in [2.75, 3.05) is 6.54 Å². The van der Waals surface area contributed by atoms with Gasteiger partial charge in [-0.15, -0.1) is 0 Å². The van der Waals surface area contributed by atoms with Crippen LogP contribution in [0.3, 0.4) is 0 Å². The van der Waals surface area contributed by atoms with Gasteiger partial charge in [0.2, 0.25) is 0 Å². The van der Waals surface area contributed by atoms with Crippen LogP contribution in [0.4, 0.5) is 0 Å². The number of alkyl halides is 1. The van der Waals surface area contributed by atoms with E-state index in [9.17, 15) is 9.59 Å². The van der Waals surface area contributed by atoms with Crippen LogP contribution in [0.25, 0.3) is 0 Å². The lowest BCUT2D eigenvalue weighted by Gasteiger charge is -2.05. The van der Waals surface area contributed by atoms with E-state index in [0.717, 1.165) is 12.8 Å². The van der Waals surface area contributed by atoms with Gasteiger partial charge < -0.3 is 5.32 Å². The molecule has 0 radical (unpaired) electrons. The largest absolute Gasteiger partial charge is 0.351 e. The number of hydrogen-bond donors (Lipinski definition) is 2. The quantitative estimate of drug-likeness (QED) is 0.628. The van der Waals surface area contributed by atoms with Crippen LogP contribution in [0, 0.1) is 0 Å². The summed E-state index contributed by atoms with van der Waals surface area (Å²) in [5, 5.41) is 8.58. The van der Waals surface area contributed by atoms with Crippen LogP contribution in [-0.4, -0.2) is 27.5 Å². The third-order valence-corrected chi connectivity index (χ3v) is 2.43. The first-order valence-corrected chi connectivity index (χ1v) is 5.99. The van der Waals surface area contributed by atoms with Crippen LogP contribution in [-0.2, 0) is 0 Å². The van der Waals surface area contributed by atoms with E-state index >= 15 is 0 Å². The summed E-state index contributed by atoms with van der Waals surface area (Å²) in [7, 11) is 0. The van der Waals surface area contributed by atoms with Crippen LogP contribution >= 0.6 is 15.9 Å². The maximum absolute atomic E-state index is 11.5. The molecule has 0 spiro atoms. The zero-order valence-electron chi connectivity index (χ0n) is 9.00. The predicted octanol–water partition coefficient (Wildman–Crippen LogP) is 1.06. The Balaban J connectivity index is 2.35. The molecule has 16 heavy (non-hydrogen) atoms. The summed E-state index contributed by atoms with van der Waals surface area (Å²) >= 11 is 3.43. The lowest BCUT2D eigenvalue weighted by molar-refractivity contribution is 0.0947. The Morgan fingerprint density at radius 1 is 1.62 bits per heavy atom. The highest BCUT2D eigenvalue weighted by atomic mass is 79.9. The number of aromatic nitrogens is 2. The molecule has 2 N–H and O–H groups in total. The average Bonchev–Trinajstić information content (AvgIpc) is 2.25. The number of hydrogen-bond acceptors (Lipinski definition) is 3. The van der Waals surface area contributed by atoms with Crippen molar-refractivity contribution in [1.82, 2.24) is 15.5 Å². The molecular weight excluding hydrogens is 274 g/mol. The number of halogens is 1. The van der Waals surface area contributed by atoms with Gasteiger partial charge in [-0.05, 0) is 18.9 Å². The average molecular weight is 288 g/mol. The highest BCUT2D eigenvalue weighted by molar-refractivity contribution is 9.09. The van der Waals surface area contributed by atoms with Gasteiger partial charge in [0.15, 0.2) is 0 Å². The van der Waals surface area contributed by atoms with Crippen LogP contribution in [0.5, 0.6) is 0 Å². The number of aromatic amines is 1. The number of amides is 1. The maximum Gasteiger partial charge on any atom is 0.271 e. The van der Waals surface area contributed by atoms with Crippen molar-refractivity contribution in [3.05, 3.63) is 28.2 Å². The van der Waals surface area contributed by atoms with E-state index in [0.29, 0.717) is 11.4 Å². The molecule has 0 aliphatic carbocycles. The Bertz CT molecular complexity index is 383. The maximum atomic E-state index is 11.5. The SMILES string of the molecule is CC(Br)CCCNC(=O)c1ccc(=O)[nH]n1. The summed E-state index contributed by atoms with van der Waals surface area (Å²) in [6, 6.07) is 2.68. The summed E-state index contributed by atoms with van der Waals surface area (Å²) < 4.78 is 0. The van der Waals surface area contributed by atoms with Gasteiger partial charge >= 0.3 is 0 Å². The first-order chi connectivity index (χ1) is 7.59. The second-order valence-corrected chi connectivity index (χ2v) is 5.05. The van der Waals surface area contributed by atoms with Gasteiger partial charge in [-0.2, -0.15) is 5.10 Å². The summed E-state index contributed by atoms with van der Waals surface area (Å²) in [4.78, 5) is 22.7. The predicted molar refractivity (Wildman–Crippen MR) is 64.8 cm³/mol. The molecular formula is C10H14BrN3O2.